The molecule has 0 radical (unpaired) electrons. The Morgan fingerprint density at radius 3 is 2.53 bits per heavy atom. The van der Waals surface area contributed by atoms with Crippen LogP contribution in [0, 0.1) is 0 Å². The molecule has 1 aliphatic rings. The first-order valence-electron chi connectivity index (χ1n) is 6.50. The summed E-state index contributed by atoms with van der Waals surface area (Å²) in [6, 6.07) is 17.0. The van der Waals surface area contributed by atoms with Crippen molar-refractivity contribution in [2.75, 3.05) is 5.32 Å². The van der Waals surface area contributed by atoms with E-state index in [4.69, 9.17) is 0 Å². The maximum Gasteiger partial charge on any atom is 0.139 e. The molecule has 0 fully saturated rings. The molecule has 0 saturated carbocycles. The van der Waals surface area contributed by atoms with Gasteiger partial charge in [0.15, 0.2) is 0 Å². The molecule has 2 aromatic carbocycles. The molecule has 1 aliphatic heterocycles. The minimum absolute atomic E-state index is 0.982. The second kappa shape index (κ2) is 4.47. The summed E-state index contributed by atoms with van der Waals surface area (Å²) in [5.74, 6) is 0. The van der Waals surface area contributed by atoms with E-state index in [2.05, 4.69) is 69.1 Å². The van der Waals surface area contributed by atoms with Crippen LogP contribution >= 0.6 is 0 Å². The first-order chi connectivity index (χ1) is 9.16. The maximum absolute atomic E-state index is 4.12. The van der Waals surface area contributed by atoms with Gasteiger partial charge < -0.3 is 5.32 Å². The van der Waals surface area contributed by atoms with E-state index in [1.54, 1.807) is 0 Å². The van der Waals surface area contributed by atoms with Crippen LogP contribution in [0.25, 0.3) is 5.57 Å². The average molecular weight is 245 g/mol. The molecule has 0 aromatic heterocycles. The predicted molar refractivity (Wildman–Crippen MR) is 85.5 cm³/mol. The van der Waals surface area contributed by atoms with Crippen LogP contribution in [0.2, 0.25) is 0 Å². The quantitative estimate of drug-likeness (QED) is 0.761. The molecular weight excluding hydrogens is 229 g/mol. The van der Waals surface area contributed by atoms with Crippen LogP contribution in [0.5, 0.6) is 0 Å². The Labute approximate surface area is 115 Å². The monoisotopic (exact) mass is 245 g/mol. The van der Waals surface area contributed by atoms with E-state index >= 15 is 0 Å². The highest BCUT2D eigenvalue weighted by molar-refractivity contribution is 6.32. The van der Waals surface area contributed by atoms with Gasteiger partial charge in [0.05, 0.1) is 0 Å². The van der Waals surface area contributed by atoms with Gasteiger partial charge in [0.1, 0.15) is 7.85 Å². The van der Waals surface area contributed by atoms with Gasteiger partial charge in [0, 0.05) is 16.9 Å². The molecule has 1 nitrogen and oxygen atoms in total. The van der Waals surface area contributed by atoms with Gasteiger partial charge in [-0.15, -0.1) is 0 Å². The molecule has 0 saturated heterocycles. The van der Waals surface area contributed by atoms with E-state index in [0.29, 0.717) is 0 Å². The van der Waals surface area contributed by atoms with Crippen LogP contribution in [0.3, 0.4) is 0 Å². The normalized spacial score (nSPS) is 14.1. The fourth-order valence-electron chi connectivity index (χ4n) is 2.56. The summed E-state index contributed by atoms with van der Waals surface area (Å²) < 4.78 is 0. The topological polar surface area (TPSA) is 12.0 Å². The van der Waals surface area contributed by atoms with Gasteiger partial charge in [-0.2, -0.15) is 0 Å². The van der Waals surface area contributed by atoms with Gasteiger partial charge in [-0.3, -0.25) is 0 Å². The molecular formula is C17H16BN. The van der Waals surface area contributed by atoms with Crippen molar-refractivity contribution in [2.45, 2.75) is 6.92 Å². The highest BCUT2D eigenvalue weighted by Gasteiger charge is 2.19. The number of nitrogens with one attached hydrogen (secondary N) is 1. The zero-order valence-electron chi connectivity index (χ0n) is 11.3. The third-order valence-electron chi connectivity index (χ3n) is 3.62. The molecule has 0 bridgehead atoms. The second-order valence-corrected chi connectivity index (χ2v) is 5.02. The second-order valence-electron chi connectivity index (χ2n) is 5.02. The molecule has 2 heteroatoms. The van der Waals surface area contributed by atoms with Crippen molar-refractivity contribution in [3.8, 4) is 0 Å². The van der Waals surface area contributed by atoms with E-state index in [1.165, 1.54) is 27.7 Å². The highest BCUT2D eigenvalue weighted by atomic mass is 14.9. The van der Waals surface area contributed by atoms with E-state index in [-0.39, 0.29) is 0 Å². The smallest absolute Gasteiger partial charge is 0.139 e. The van der Waals surface area contributed by atoms with Crippen LogP contribution in [0.1, 0.15) is 18.1 Å². The van der Waals surface area contributed by atoms with Crippen molar-refractivity contribution in [3.63, 3.8) is 0 Å². The number of allylic oxidation sites excluding steroid dienone is 1. The first kappa shape index (κ1) is 11.9. The zero-order chi connectivity index (χ0) is 13.4. The minimum Gasteiger partial charge on any atom is -0.355 e. The lowest BCUT2D eigenvalue weighted by molar-refractivity contribution is 1.30. The van der Waals surface area contributed by atoms with Gasteiger partial charge in [0.25, 0.3) is 0 Å². The van der Waals surface area contributed by atoms with E-state index in [0.717, 1.165) is 11.4 Å². The Hall–Kier alpha value is -2.22. The van der Waals surface area contributed by atoms with Gasteiger partial charge in [0.2, 0.25) is 0 Å². The van der Waals surface area contributed by atoms with Crippen molar-refractivity contribution in [1.29, 1.82) is 0 Å². The summed E-state index contributed by atoms with van der Waals surface area (Å²) in [7, 11) is 2.13. The van der Waals surface area contributed by atoms with E-state index < -0.39 is 0 Å². The molecule has 0 aliphatic carbocycles. The summed E-state index contributed by atoms with van der Waals surface area (Å²) in [6.07, 6.45) is 0. The summed E-state index contributed by atoms with van der Waals surface area (Å²) in [5.41, 5.74) is 8.39. The summed E-state index contributed by atoms with van der Waals surface area (Å²) in [5, 5.41) is 3.38. The Morgan fingerprint density at radius 2 is 1.79 bits per heavy atom. The third kappa shape index (κ3) is 1.99. The number of hydrogen-bond donors (Lipinski definition) is 1. The van der Waals surface area contributed by atoms with Crippen LogP contribution in [-0.4, -0.2) is 7.85 Å². The Balaban J connectivity index is 2.29. The van der Waals surface area contributed by atoms with E-state index in [9.17, 15) is 0 Å². The van der Waals surface area contributed by atoms with E-state index in [1.807, 2.05) is 6.07 Å². The Bertz CT molecular complexity index is 684. The summed E-state index contributed by atoms with van der Waals surface area (Å²) in [4.78, 5) is 0. The zero-order valence-corrected chi connectivity index (χ0v) is 11.3. The van der Waals surface area contributed by atoms with Crippen LogP contribution in [0.15, 0.2) is 66.4 Å². The fraction of sp³-hybridized carbons (Fsp3) is 0.0588. The maximum atomic E-state index is 4.12. The van der Waals surface area contributed by atoms with Crippen LogP contribution < -0.4 is 10.8 Å². The van der Waals surface area contributed by atoms with Gasteiger partial charge in [-0.1, -0.05) is 54.5 Å². The largest absolute Gasteiger partial charge is 0.355 e. The number of hydrogen-bond acceptors (Lipinski definition) is 1. The standard InChI is InChI=1S/C17H16BN/c1-11-12(2)19-16-9-8-14(18)10-15(16)17(11)13-6-4-3-5-7-13/h3-10,19H,2,18H2,1H3. The predicted octanol–water partition coefficient (Wildman–Crippen LogP) is 2.71. The molecule has 0 spiro atoms. The lowest BCUT2D eigenvalue weighted by atomic mass is 9.84. The van der Waals surface area contributed by atoms with Crippen molar-refractivity contribution in [3.05, 3.63) is 77.5 Å². The van der Waals surface area contributed by atoms with Gasteiger partial charge in [-0.05, 0) is 29.7 Å². The highest BCUT2D eigenvalue weighted by Crippen LogP contribution is 2.38. The molecule has 19 heavy (non-hydrogen) atoms. The first-order valence-corrected chi connectivity index (χ1v) is 6.50. The van der Waals surface area contributed by atoms with Crippen LogP contribution in [-0.2, 0) is 0 Å². The molecule has 0 atom stereocenters. The van der Waals surface area contributed by atoms with Gasteiger partial charge in [-0.25, -0.2) is 0 Å². The number of rotatable bonds is 1. The number of anilines is 1. The lowest BCUT2D eigenvalue weighted by Crippen LogP contribution is -2.14. The molecule has 92 valence electrons. The van der Waals surface area contributed by atoms with Crippen molar-refractivity contribution in [2.24, 2.45) is 0 Å². The molecule has 2 aromatic rings. The minimum atomic E-state index is 0.982. The Morgan fingerprint density at radius 1 is 1.05 bits per heavy atom. The van der Waals surface area contributed by atoms with Crippen molar-refractivity contribution >= 4 is 24.6 Å². The molecule has 1 heterocycles. The fourth-order valence-corrected chi connectivity index (χ4v) is 2.56. The molecule has 1 N–H and O–H groups in total. The lowest BCUT2D eigenvalue weighted by Gasteiger charge is -2.25. The van der Waals surface area contributed by atoms with Crippen molar-refractivity contribution < 1.29 is 0 Å². The SMILES string of the molecule is Bc1ccc2c(c1)C(c1ccccc1)=C(C)C(=C)N2. The van der Waals surface area contributed by atoms with Crippen LogP contribution in [0.4, 0.5) is 5.69 Å². The van der Waals surface area contributed by atoms with Gasteiger partial charge >= 0.3 is 0 Å². The molecule has 0 unspecified atom stereocenters. The molecule has 3 rings (SSSR count). The molecule has 0 amide bonds. The third-order valence-corrected chi connectivity index (χ3v) is 3.62. The number of benzene rings is 2. The average Bonchev–Trinajstić information content (AvgIpc) is 2.42. The summed E-state index contributed by atoms with van der Waals surface area (Å²) >= 11 is 0. The Kier molecular flexibility index (Phi) is 2.79. The summed E-state index contributed by atoms with van der Waals surface area (Å²) in [6.45, 7) is 6.25. The number of fused-ring (bicyclic) bond motifs is 1. The van der Waals surface area contributed by atoms with Crippen molar-refractivity contribution in [1.82, 2.24) is 0 Å².